The van der Waals surface area contributed by atoms with Gasteiger partial charge in [0.25, 0.3) is 0 Å². The summed E-state index contributed by atoms with van der Waals surface area (Å²) >= 11 is 0.860. The molecule has 4 heterocycles. The van der Waals surface area contributed by atoms with Gasteiger partial charge >= 0.3 is 0 Å². The number of aromatic nitrogens is 2. The van der Waals surface area contributed by atoms with E-state index in [0.717, 1.165) is 16.7 Å². The molecule has 17 N–H and O–H groups in total. The Labute approximate surface area is 630 Å². The smallest absolute Gasteiger partial charge is 0.245 e. The maximum Gasteiger partial charge on any atom is 0.245 e. The minimum Gasteiger partial charge on any atom is -0.508 e. The molecule has 2 saturated heterocycles. The topological polar surface area (TPSA) is 461 Å². The average Bonchev–Trinajstić information content (AvgIpc) is 1.60. The monoisotopic (exact) mass is 1510 g/mol. The van der Waals surface area contributed by atoms with E-state index < -0.39 is 161 Å². The Balaban J connectivity index is 1.18. The number of H-pyrrole nitrogens is 2. The largest absolute Gasteiger partial charge is 0.508 e. The van der Waals surface area contributed by atoms with Gasteiger partial charge in [-0.15, -0.1) is 11.8 Å². The fourth-order valence-electron chi connectivity index (χ4n) is 13.3. The number of thioether (sulfide) groups is 1. The average molecular weight is 1510 g/mol. The van der Waals surface area contributed by atoms with Crippen molar-refractivity contribution in [2.75, 3.05) is 25.1 Å². The van der Waals surface area contributed by atoms with Crippen LogP contribution in [0.5, 0.6) is 11.5 Å². The van der Waals surface area contributed by atoms with Crippen LogP contribution in [0.25, 0.3) is 21.8 Å². The normalized spacial score (nSPS) is 24.0. The van der Waals surface area contributed by atoms with Gasteiger partial charge in [0.05, 0.1) is 5.75 Å². The van der Waals surface area contributed by atoms with Crippen molar-refractivity contribution in [1.82, 2.24) is 67.6 Å². The number of amides is 13. The lowest BCUT2D eigenvalue weighted by Gasteiger charge is -2.35. The van der Waals surface area contributed by atoms with E-state index in [2.05, 4.69) is 57.8 Å². The number of fused-ring (bicyclic) bond motifs is 3. The molecule has 13 amide bonds. The van der Waals surface area contributed by atoms with Crippen molar-refractivity contribution < 1.29 is 72.5 Å². The van der Waals surface area contributed by atoms with Gasteiger partial charge < -0.3 is 89.3 Å². The van der Waals surface area contributed by atoms with E-state index in [4.69, 9.17) is 11.5 Å². The Morgan fingerprint density at radius 3 is 1.55 bits per heavy atom. The van der Waals surface area contributed by atoms with Crippen LogP contribution < -0.4 is 59.3 Å². The molecule has 30 nitrogen and oxygen atoms in total. The Bertz CT molecular complexity index is 4220. The van der Waals surface area contributed by atoms with Crippen molar-refractivity contribution >= 4 is 110 Å². The Morgan fingerprint density at radius 1 is 0.537 bits per heavy atom. The number of aromatic hydroxyl groups is 2. The van der Waals surface area contributed by atoms with E-state index in [0.29, 0.717) is 50.5 Å². The second-order valence-corrected chi connectivity index (χ2v) is 29.8. The van der Waals surface area contributed by atoms with Gasteiger partial charge in [-0.3, -0.25) is 62.3 Å². The molecule has 0 bridgehead atoms. The van der Waals surface area contributed by atoms with Crippen molar-refractivity contribution in [2.24, 2.45) is 29.2 Å². The molecule has 0 radical (unpaired) electrons. The molecule has 8 rings (SSSR count). The zero-order valence-electron chi connectivity index (χ0n) is 62.0. The Morgan fingerprint density at radius 2 is 1.01 bits per heavy atom. The number of rotatable bonds is 18. The first kappa shape index (κ1) is 82.7. The van der Waals surface area contributed by atoms with Crippen LogP contribution in [0.2, 0.25) is 0 Å². The van der Waals surface area contributed by atoms with Crippen molar-refractivity contribution in [1.29, 1.82) is 0 Å². The maximum atomic E-state index is 15.5. The van der Waals surface area contributed by atoms with Crippen LogP contribution in [-0.4, -0.2) is 198 Å². The molecular formula is C77H101N15O15S. The number of nitrogens with one attached hydrogen (secondary N) is 11. The van der Waals surface area contributed by atoms with Gasteiger partial charge in [0.2, 0.25) is 76.8 Å². The van der Waals surface area contributed by atoms with Crippen molar-refractivity contribution in [3.8, 4) is 11.5 Å². The fraction of sp³-hybridized carbons (Fsp3) is 0.468. The van der Waals surface area contributed by atoms with Gasteiger partial charge in [-0.05, 0) is 115 Å². The van der Waals surface area contributed by atoms with Crippen LogP contribution in [-0.2, 0) is 88.0 Å². The van der Waals surface area contributed by atoms with Crippen LogP contribution in [0.15, 0.2) is 109 Å². The zero-order valence-corrected chi connectivity index (χ0v) is 62.9. The second-order valence-electron chi connectivity index (χ2n) is 28.8. The van der Waals surface area contributed by atoms with Crippen molar-refractivity contribution in [2.45, 2.75) is 186 Å². The number of carbonyl (C=O) groups is 13. The highest BCUT2D eigenvalue weighted by molar-refractivity contribution is 8.00. The van der Waals surface area contributed by atoms with E-state index in [9.17, 15) is 53.4 Å². The van der Waals surface area contributed by atoms with Gasteiger partial charge in [-0.25, -0.2) is 0 Å². The first-order chi connectivity index (χ1) is 51.4. The van der Waals surface area contributed by atoms with Gasteiger partial charge in [0.1, 0.15) is 78.0 Å². The number of likely N-dealkylation sites (N-methyl/N-ethyl adjacent to an activating group) is 1. The highest BCUT2D eigenvalue weighted by Crippen LogP contribution is 2.27. The number of phenolic OH excluding ortho intramolecular Hbond substituents is 2. The summed E-state index contributed by atoms with van der Waals surface area (Å²) in [6.07, 6.45) is 2.59. The van der Waals surface area contributed by atoms with Gasteiger partial charge in [0.15, 0.2) is 0 Å². The number of phenols is 2. The predicted octanol–water partition coefficient (Wildman–Crippen LogP) is 2.17. The van der Waals surface area contributed by atoms with E-state index >= 15 is 19.2 Å². The van der Waals surface area contributed by atoms with Crippen molar-refractivity contribution in [3.63, 3.8) is 0 Å². The molecule has 12 atom stereocenters. The van der Waals surface area contributed by atoms with Gasteiger partial charge in [-0.1, -0.05) is 109 Å². The zero-order chi connectivity index (χ0) is 78.6. The molecule has 2 aliphatic heterocycles. The number of nitrogens with two attached hydrogens (primary N) is 2. The summed E-state index contributed by atoms with van der Waals surface area (Å²) in [7, 11) is 1.36. The molecule has 31 heteroatoms. The summed E-state index contributed by atoms with van der Waals surface area (Å²) in [6, 6.07) is 10.6. The van der Waals surface area contributed by atoms with E-state index in [1.807, 2.05) is 64.1 Å². The number of nitrogens with zero attached hydrogens (tertiary/aromatic N) is 2. The quantitative estimate of drug-likeness (QED) is 0.0586. The summed E-state index contributed by atoms with van der Waals surface area (Å²) in [6.45, 7) is 12.1. The third-order valence-corrected chi connectivity index (χ3v) is 20.5. The van der Waals surface area contributed by atoms with Gasteiger partial charge in [0, 0.05) is 85.6 Å². The molecule has 4 aromatic carbocycles. The number of para-hydroxylation sites is 2. The predicted molar refractivity (Wildman–Crippen MR) is 405 cm³/mol. The maximum absolute atomic E-state index is 15.5. The molecule has 580 valence electrons. The third-order valence-electron chi connectivity index (χ3n) is 19.5. The highest BCUT2D eigenvalue weighted by atomic mass is 32.2. The molecule has 2 aliphatic rings. The molecule has 2 aromatic heterocycles. The molecule has 0 saturated carbocycles. The van der Waals surface area contributed by atoms with Gasteiger partial charge in [-0.2, -0.15) is 0 Å². The lowest BCUT2D eigenvalue weighted by Crippen LogP contribution is -2.62. The molecular weight excluding hydrogens is 1410 g/mol. The van der Waals surface area contributed by atoms with Crippen LogP contribution in [0.3, 0.4) is 0 Å². The minimum atomic E-state index is -1.52. The third kappa shape index (κ3) is 22.8. The SMILES string of the molecule is CC[C@H](C)[C@@H]1NC(=O)[C@H](CC(C)C)NC(=O)[C@H](Cc2c[nH]c3ccccc23)NC(=O)[C@H](Cc2ccc(O)cc2)N(C)C(=O)[C@@H]2CCCN2C(=O)[C@H](CCC(N)=O)NC(=O)[C@H](C)NC(=O)[C@H](Cc2ccc(O)cc2)NC(=O)CSC[C@@H](C(N)=O)NC(=O)[C@H](Cc2c[nH]c3ccccc23)NC(=O)[C@H](CC(C)C)NC1=O. The summed E-state index contributed by atoms with van der Waals surface area (Å²) in [5.74, 6) is -12.8. The first-order valence-electron chi connectivity index (χ1n) is 36.5. The van der Waals surface area contributed by atoms with E-state index in [1.54, 1.807) is 50.5 Å². The molecule has 6 aromatic rings. The summed E-state index contributed by atoms with van der Waals surface area (Å²) in [5, 5.41) is 46.7. The van der Waals surface area contributed by atoms with Crippen LogP contribution in [0, 0.1) is 17.8 Å². The second kappa shape index (κ2) is 38.5. The van der Waals surface area contributed by atoms with Crippen LogP contribution in [0.4, 0.5) is 0 Å². The van der Waals surface area contributed by atoms with Crippen molar-refractivity contribution in [3.05, 3.63) is 132 Å². The van der Waals surface area contributed by atoms with Crippen LogP contribution >= 0.6 is 11.8 Å². The molecule has 0 unspecified atom stereocenters. The number of carbonyl (C=O) groups excluding carboxylic acids is 13. The lowest BCUT2D eigenvalue weighted by atomic mass is 9.95. The molecule has 0 aliphatic carbocycles. The number of primary amides is 2. The minimum absolute atomic E-state index is 0.0203. The number of benzene rings is 4. The summed E-state index contributed by atoms with van der Waals surface area (Å²) < 4.78 is 0. The fourth-order valence-corrected chi connectivity index (χ4v) is 14.2. The Hall–Kier alpha value is -11.0. The first-order valence-corrected chi connectivity index (χ1v) is 37.6. The molecule has 2 fully saturated rings. The number of hydrogen-bond acceptors (Lipinski definition) is 16. The molecule has 108 heavy (non-hydrogen) atoms. The standard InChI is InChI=1S/C77H101N15O15S/c1-9-43(6)66-75(105)88-56(31-41(2)3)70(100)86-59(35-47-37-80-53-17-12-10-15-51(47)53)72(102)89-61(67(79)97)39-108-40-65(96)83-58(33-45-20-24-49(93)25-21-45)69(99)82-44(7)68(98)84-55(28-29-64(78)95)76(106)92-30-14-19-62(92)77(107)91(8)63(34-46-22-26-50(94)27-23-46)74(104)87-60(36-48-38-81-54-18-13-11-16-52(48)54)71(101)85-57(32-42(4)5)73(103)90-66/h10-13,15-18,20-27,37-38,41-44,55-63,66,80-81,93-94H,9,14,19,28-36,39-40H2,1-8H3,(H2,78,95)(H2,79,97)(H,82,99)(H,83,96)(H,84,98)(H,85,101)(H,86,100)(H,87,104)(H,88,105)(H,89,102)(H,90,103)/t43-,44-,55-,56-,57-,58-,59-,60-,61-,62-,63-,66-/m0/s1. The van der Waals surface area contributed by atoms with E-state index in [-0.39, 0.29) is 93.4 Å². The Kier molecular flexibility index (Phi) is 29.5. The highest BCUT2D eigenvalue weighted by Gasteiger charge is 2.43. The number of hydrogen-bond donors (Lipinski definition) is 15. The van der Waals surface area contributed by atoms with Crippen LogP contribution in [0.1, 0.15) is 116 Å². The number of aromatic amines is 2. The van der Waals surface area contributed by atoms with E-state index in [1.165, 1.54) is 55.3 Å². The molecule has 0 spiro atoms. The lowest BCUT2D eigenvalue weighted by molar-refractivity contribution is -0.148. The summed E-state index contributed by atoms with van der Waals surface area (Å²) in [4.78, 5) is 198. The summed E-state index contributed by atoms with van der Waals surface area (Å²) in [5.41, 5.74) is 15.0.